The van der Waals surface area contributed by atoms with Gasteiger partial charge in [0.05, 0.1) is 5.92 Å². The van der Waals surface area contributed by atoms with Crippen molar-refractivity contribution in [3.05, 3.63) is 30.1 Å². The van der Waals surface area contributed by atoms with Gasteiger partial charge >= 0.3 is 12.0 Å². The van der Waals surface area contributed by atoms with Crippen LogP contribution in [0.3, 0.4) is 0 Å². The van der Waals surface area contributed by atoms with E-state index in [1.165, 1.54) is 4.90 Å². The maximum absolute atomic E-state index is 11.6. The van der Waals surface area contributed by atoms with Gasteiger partial charge in [-0.15, -0.1) is 0 Å². The highest BCUT2D eigenvalue weighted by molar-refractivity contribution is 5.79. The third-order valence-electron chi connectivity index (χ3n) is 2.90. The molecule has 1 aliphatic rings. The molecule has 6 heteroatoms. The molecule has 0 bridgehead atoms. The van der Waals surface area contributed by atoms with Gasteiger partial charge in [-0.1, -0.05) is 6.07 Å². The van der Waals surface area contributed by atoms with Crippen LogP contribution < -0.4 is 5.32 Å². The SMILES string of the molecule is O=C(O)C1CN(C(=O)NCCc2ccccn2)C1. The first-order valence-corrected chi connectivity index (χ1v) is 5.82. The number of nitrogens with zero attached hydrogens (tertiary/aromatic N) is 2. The summed E-state index contributed by atoms with van der Waals surface area (Å²) in [7, 11) is 0. The van der Waals surface area contributed by atoms with Crippen LogP contribution in [-0.4, -0.2) is 46.6 Å². The number of aromatic nitrogens is 1. The minimum absolute atomic E-state index is 0.205. The van der Waals surface area contributed by atoms with Gasteiger partial charge in [-0.25, -0.2) is 4.79 Å². The van der Waals surface area contributed by atoms with Crippen LogP contribution >= 0.6 is 0 Å². The summed E-state index contributed by atoms with van der Waals surface area (Å²) >= 11 is 0. The Morgan fingerprint density at radius 3 is 2.83 bits per heavy atom. The number of nitrogens with one attached hydrogen (secondary N) is 1. The zero-order valence-electron chi connectivity index (χ0n) is 9.87. The molecule has 0 unspecified atom stereocenters. The Balaban J connectivity index is 1.66. The van der Waals surface area contributed by atoms with E-state index in [0.717, 1.165) is 5.69 Å². The Morgan fingerprint density at radius 2 is 2.22 bits per heavy atom. The van der Waals surface area contributed by atoms with E-state index in [0.29, 0.717) is 26.1 Å². The third-order valence-corrected chi connectivity index (χ3v) is 2.90. The average molecular weight is 249 g/mol. The third kappa shape index (κ3) is 2.97. The molecule has 1 saturated heterocycles. The quantitative estimate of drug-likeness (QED) is 0.806. The number of pyridine rings is 1. The lowest BCUT2D eigenvalue weighted by molar-refractivity contribution is -0.146. The molecule has 2 rings (SSSR count). The van der Waals surface area contributed by atoms with Crippen LogP contribution in [0.5, 0.6) is 0 Å². The van der Waals surface area contributed by atoms with E-state index in [2.05, 4.69) is 10.3 Å². The van der Waals surface area contributed by atoms with Gasteiger partial charge in [0.2, 0.25) is 0 Å². The summed E-state index contributed by atoms with van der Waals surface area (Å²) in [6.07, 6.45) is 2.38. The molecule has 1 fully saturated rings. The Bertz CT molecular complexity index is 429. The predicted octanol–water partition coefficient (Wildman–Crippen LogP) is 0.350. The largest absolute Gasteiger partial charge is 0.481 e. The second kappa shape index (κ2) is 5.48. The fraction of sp³-hybridized carbons (Fsp3) is 0.417. The van der Waals surface area contributed by atoms with Crippen LogP contribution in [0.2, 0.25) is 0 Å². The first-order chi connectivity index (χ1) is 8.66. The summed E-state index contributed by atoms with van der Waals surface area (Å²) < 4.78 is 0. The standard InChI is InChI=1S/C12H15N3O3/c16-11(17)9-7-15(8-9)12(18)14-6-4-10-3-1-2-5-13-10/h1-3,5,9H,4,6-8H2,(H,14,18)(H,16,17). The molecule has 18 heavy (non-hydrogen) atoms. The number of carboxylic acids is 1. The van der Waals surface area contributed by atoms with Crippen molar-refractivity contribution in [2.75, 3.05) is 19.6 Å². The van der Waals surface area contributed by atoms with Crippen LogP contribution in [0.4, 0.5) is 4.79 Å². The minimum atomic E-state index is -0.840. The molecule has 0 aromatic carbocycles. The van der Waals surface area contributed by atoms with E-state index in [9.17, 15) is 9.59 Å². The Kier molecular flexibility index (Phi) is 3.76. The Morgan fingerprint density at radius 1 is 1.44 bits per heavy atom. The molecule has 96 valence electrons. The highest BCUT2D eigenvalue weighted by Crippen LogP contribution is 2.15. The molecule has 1 aromatic heterocycles. The number of likely N-dealkylation sites (tertiary alicyclic amines) is 1. The lowest BCUT2D eigenvalue weighted by Gasteiger charge is -2.36. The normalized spacial score (nSPS) is 15.0. The lowest BCUT2D eigenvalue weighted by Crippen LogP contribution is -2.56. The number of hydrogen-bond acceptors (Lipinski definition) is 3. The number of aliphatic carboxylic acids is 1. The van der Waals surface area contributed by atoms with Gasteiger partial charge in [-0.05, 0) is 12.1 Å². The second-order valence-electron chi connectivity index (χ2n) is 4.24. The minimum Gasteiger partial charge on any atom is -0.481 e. The summed E-state index contributed by atoms with van der Waals surface area (Å²) in [6, 6.07) is 5.44. The molecular weight excluding hydrogens is 234 g/mol. The van der Waals surface area contributed by atoms with Gasteiger partial charge in [0, 0.05) is 37.9 Å². The topological polar surface area (TPSA) is 82.5 Å². The number of carboxylic acid groups (broad SMARTS) is 1. The van der Waals surface area contributed by atoms with Crippen molar-refractivity contribution in [2.24, 2.45) is 5.92 Å². The van der Waals surface area contributed by atoms with Crippen molar-refractivity contribution in [3.8, 4) is 0 Å². The fourth-order valence-corrected chi connectivity index (χ4v) is 1.76. The maximum Gasteiger partial charge on any atom is 0.317 e. The molecule has 0 aliphatic carbocycles. The molecular formula is C12H15N3O3. The monoisotopic (exact) mass is 249 g/mol. The molecule has 1 aromatic rings. The molecule has 6 nitrogen and oxygen atoms in total. The van der Waals surface area contributed by atoms with Crippen molar-refractivity contribution in [1.29, 1.82) is 0 Å². The smallest absolute Gasteiger partial charge is 0.317 e. The molecule has 1 aliphatic heterocycles. The van der Waals surface area contributed by atoms with Gasteiger partial charge in [-0.2, -0.15) is 0 Å². The summed E-state index contributed by atoms with van der Waals surface area (Å²) in [5, 5.41) is 11.4. The van der Waals surface area contributed by atoms with Crippen LogP contribution in [0, 0.1) is 5.92 Å². The van der Waals surface area contributed by atoms with Crippen molar-refractivity contribution in [1.82, 2.24) is 15.2 Å². The fourth-order valence-electron chi connectivity index (χ4n) is 1.76. The second-order valence-corrected chi connectivity index (χ2v) is 4.24. The molecule has 2 heterocycles. The van der Waals surface area contributed by atoms with Crippen molar-refractivity contribution in [2.45, 2.75) is 6.42 Å². The van der Waals surface area contributed by atoms with Crippen molar-refractivity contribution >= 4 is 12.0 Å². The van der Waals surface area contributed by atoms with Crippen LogP contribution in [0.15, 0.2) is 24.4 Å². The summed E-state index contributed by atoms with van der Waals surface area (Å²) in [6.45, 7) is 1.10. The van der Waals surface area contributed by atoms with Crippen molar-refractivity contribution < 1.29 is 14.7 Å². The number of amides is 2. The maximum atomic E-state index is 11.6. The average Bonchev–Trinajstić information content (AvgIpc) is 2.28. The van der Waals surface area contributed by atoms with E-state index >= 15 is 0 Å². The Hall–Kier alpha value is -2.11. The number of rotatable bonds is 4. The van der Waals surface area contributed by atoms with Crippen LogP contribution in [-0.2, 0) is 11.2 Å². The molecule has 0 saturated carbocycles. The highest BCUT2D eigenvalue weighted by Gasteiger charge is 2.35. The molecule has 0 radical (unpaired) electrons. The first kappa shape index (κ1) is 12.3. The summed E-state index contributed by atoms with van der Waals surface area (Å²) in [4.78, 5) is 27.8. The highest BCUT2D eigenvalue weighted by atomic mass is 16.4. The predicted molar refractivity (Wildman–Crippen MR) is 64.0 cm³/mol. The van der Waals surface area contributed by atoms with Gasteiger partial charge in [0.1, 0.15) is 0 Å². The number of carbonyl (C=O) groups is 2. The number of urea groups is 1. The van der Waals surface area contributed by atoms with E-state index in [-0.39, 0.29) is 6.03 Å². The molecule has 0 atom stereocenters. The zero-order chi connectivity index (χ0) is 13.0. The molecule has 0 spiro atoms. The van der Waals surface area contributed by atoms with Gasteiger partial charge in [-0.3, -0.25) is 9.78 Å². The Labute approximate surface area is 105 Å². The molecule has 2 amide bonds. The summed E-state index contributed by atoms with van der Waals surface area (Å²) in [5.74, 6) is -1.25. The van der Waals surface area contributed by atoms with Crippen LogP contribution in [0.1, 0.15) is 5.69 Å². The van der Waals surface area contributed by atoms with E-state index in [1.54, 1.807) is 6.20 Å². The van der Waals surface area contributed by atoms with Gasteiger partial charge in [0.15, 0.2) is 0 Å². The van der Waals surface area contributed by atoms with E-state index < -0.39 is 11.9 Å². The molecule has 2 N–H and O–H groups in total. The summed E-state index contributed by atoms with van der Waals surface area (Å²) in [5.41, 5.74) is 0.921. The van der Waals surface area contributed by atoms with Gasteiger partial charge in [0.25, 0.3) is 0 Å². The van der Waals surface area contributed by atoms with Crippen LogP contribution in [0.25, 0.3) is 0 Å². The van der Waals surface area contributed by atoms with Gasteiger partial charge < -0.3 is 15.3 Å². The number of hydrogen-bond donors (Lipinski definition) is 2. The zero-order valence-corrected chi connectivity index (χ0v) is 9.87. The first-order valence-electron chi connectivity index (χ1n) is 5.82. The number of carbonyl (C=O) groups excluding carboxylic acids is 1. The van der Waals surface area contributed by atoms with E-state index in [4.69, 9.17) is 5.11 Å². The van der Waals surface area contributed by atoms with Crippen molar-refractivity contribution in [3.63, 3.8) is 0 Å². The van der Waals surface area contributed by atoms with E-state index in [1.807, 2.05) is 18.2 Å². The lowest BCUT2D eigenvalue weighted by atomic mass is 10.0.